The first-order valence-corrected chi connectivity index (χ1v) is 8.94. The highest BCUT2D eigenvalue weighted by Crippen LogP contribution is 2.37. The fraction of sp³-hybridized carbons (Fsp3) is 0.300. The number of nitrogens with zero attached hydrogens (tertiary/aromatic N) is 4. The molecule has 0 aliphatic heterocycles. The molecular weight excluding hydrogens is 328 g/mol. The summed E-state index contributed by atoms with van der Waals surface area (Å²) in [7, 11) is 0. The number of pyridine rings is 1. The Balaban J connectivity index is 1.54. The molecule has 0 amide bonds. The molecule has 0 radical (unpaired) electrons. The average molecular weight is 346 g/mol. The van der Waals surface area contributed by atoms with Crippen LogP contribution < -0.4 is 0 Å². The number of benzene rings is 1. The number of fused-ring (bicyclic) bond motifs is 1. The summed E-state index contributed by atoms with van der Waals surface area (Å²) in [4.78, 5) is 4.39. The Morgan fingerprint density at radius 2 is 1.81 bits per heavy atom. The summed E-state index contributed by atoms with van der Waals surface area (Å²) < 4.78 is 11.3. The Labute approximate surface area is 150 Å². The predicted molar refractivity (Wildman–Crippen MR) is 96.5 cm³/mol. The van der Waals surface area contributed by atoms with Crippen LogP contribution in [-0.2, 0) is 0 Å². The van der Waals surface area contributed by atoms with Crippen molar-refractivity contribution in [3.63, 3.8) is 0 Å². The zero-order chi connectivity index (χ0) is 17.5. The van der Waals surface area contributed by atoms with Crippen molar-refractivity contribution in [2.45, 2.75) is 38.5 Å². The van der Waals surface area contributed by atoms with Crippen LogP contribution in [0, 0.1) is 6.92 Å². The third-order valence-corrected chi connectivity index (χ3v) is 5.04. The Morgan fingerprint density at radius 3 is 2.62 bits per heavy atom. The lowest BCUT2D eigenvalue weighted by atomic mass is 10.0. The van der Waals surface area contributed by atoms with E-state index < -0.39 is 0 Å². The van der Waals surface area contributed by atoms with Crippen molar-refractivity contribution in [3.05, 3.63) is 47.8 Å². The molecule has 1 fully saturated rings. The summed E-state index contributed by atoms with van der Waals surface area (Å²) in [5.41, 5.74) is 4.41. The number of rotatable bonds is 3. The molecule has 1 aliphatic rings. The minimum absolute atomic E-state index is 0.453. The van der Waals surface area contributed by atoms with Crippen molar-refractivity contribution in [1.82, 2.24) is 20.3 Å². The maximum Gasteiger partial charge on any atom is 0.257 e. The predicted octanol–water partition coefficient (Wildman–Crippen LogP) is 4.91. The highest BCUT2D eigenvalue weighted by Gasteiger charge is 2.24. The molecule has 0 N–H and O–H groups in total. The monoisotopic (exact) mass is 346 g/mol. The molecular formula is C20H18N4O2. The van der Waals surface area contributed by atoms with Crippen LogP contribution in [0.4, 0.5) is 0 Å². The summed E-state index contributed by atoms with van der Waals surface area (Å²) >= 11 is 0. The minimum Gasteiger partial charge on any atom is -0.416 e. The van der Waals surface area contributed by atoms with Crippen molar-refractivity contribution in [2.75, 3.05) is 0 Å². The summed E-state index contributed by atoms with van der Waals surface area (Å²) in [6, 6.07) is 10.0. The normalized spacial score (nSPS) is 15.1. The zero-order valence-corrected chi connectivity index (χ0v) is 14.5. The second-order valence-corrected chi connectivity index (χ2v) is 6.91. The molecule has 0 atom stereocenters. The van der Waals surface area contributed by atoms with E-state index in [1.54, 1.807) is 6.20 Å². The zero-order valence-electron chi connectivity index (χ0n) is 14.5. The fourth-order valence-electron chi connectivity index (χ4n) is 3.70. The molecule has 0 bridgehead atoms. The van der Waals surface area contributed by atoms with Crippen molar-refractivity contribution >= 4 is 11.1 Å². The SMILES string of the molecule is Cc1cccc(-c2nnc(-c3cnc4onc(C5CCCC5)c4c3)o2)c1. The molecule has 26 heavy (non-hydrogen) atoms. The van der Waals surface area contributed by atoms with Gasteiger partial charge < -0.3 is 8.94 Å². The molecule has 1 aliphatic carbocycles. The van der Waals surface area contributed by atoms with E-state index in [-0.39, 0.29) is 0 Å². The van der Waals surface area contributed by atoms with Crippen LogP contribution in [0.15, 0.2) is 45.5 Å². The van der Waals surface area contributed by atoms with E-state index in [1.807, 2.05) is 37.3 Å². The van der Waals surface area contributed by atoms with Gasteiger partial charge in [0.05, 0.1) is 16.6 Å². The van der Waals surface area contributed by atoms with Crippen molar-refractivity contribution < 1.29 is 8.94 Å². The Morgan fingerprint density at radius 1 is 1.00 bits per heavy atom. The fourth-order valence-corrected chi connectivity index (χ4v) is 3.70. The smallest absolute Gasteiger partial charge is 0.257 e. The van der Waals surface area contributed by atoms with E-state index in [1.165, 1.54) is 12.8 Å². The summed E-state index contributed by atoms with van der Waals surface area (Å²) in [5, 5.41) is 13.6. The van der Waals surface area contributed by atoms with E-state index >= 15 is 0 Å². The van der Waals surface area contributed by atoms with Crippen LogP contribution >= 0.6 is 0 Å². The Hall–Kier alpha value is -3.02. The number of hydrogen-bond acceptors (Lipinski definition) is 6. The molecule has 0 saturated heterocycles. The van der Waals surface area contributed by atoms with E-state index in [0.717, 1.165) is 40.6 Å². The van der Waals surface area contributed by atoms with E-state index in [9.17, 15) is 0 Å². The summed E-state index contributed by atoms with van der Waals surface area (Å²) in [5.74, 6) is 1.42. The first-order valence-electron chi connectivity index (χ1n) is 8.94. The first kappa shape index (κ1) is 15.3. The van der Waals surface area contributed by atoms with Gasteiger partial charge in [-0.1, -0.05) is 35.7 Å². The molecule has 4 aromatic rings. The van der Waals surface area contributed by atoms with Crippen LogP contribution in [0.5, 0.6) is 0 Å². The molecule has 1 aromatic carbocycles. The molecule has 1 saturated carbocycles. The van der Waals surface area contributed by atoms with Crippen LogP contribution in [0.3, 0.4) is 0 Å². The second kappa shape index (κ2) is 6.05. The number of hydrogen-bond donors (Lipinski definition) is 0. The Kier molecular flexibility index (Phi) is 3.55. The van der Waals surface area contributed by atoms with Gasteiger partial charge in [0.15, 0.2) is 0 Å². The lowest BCUT2D eigenvalue weighted by Crippen LogP contribution is -1.93. The van der Waals surface area contributed by atoms with Gasteiger partial charge in [0.1, 0.15) is 0 Å². The molecule has 0 unspecified atom stereocenters. The maximum atomic E-state index is 5.89. The van der Waals surface area contributed by atoms with Gasteiger partial charge in [-0.3, -0.25) is 0 Å². The lowest BCUT2D eigenvalue weighted by molar-refractivity contribution is 0.430. The van der Waals surface area contributed by atoms with Crippen molar-refractivity contribution in [1.29, 1.82) is 0 Å². The highest BCUT2D eigenvalue weighted by atomic mass is 16.5. The van der Waals surface area contributed by atoms with E-state index in [4.69, 9.17) is 8.94 Å². The molecule has 130 valence electrons. The highest BCUT2D eigenvalue weighted by molar-refractivity contribution is 5.80. The van der Waals surface area contributed by atoms with E-state index in [0.29, 0.717) is 23.4 Å². The van der Waals surface area contributed by atoms with Gasteiger partial charge in [0.25, 0.3) is 5.71 Å². The topological polar surface area (TPSA) is 77.8 Å². The van der Waals surface area contributed by atoms with Gasteiger partial charge in [-0.05, 0) is 38.0 Å². The van der Waals surface area contributed by atoms with Gasteiger partial charge in [-0.15, -0.1) is 10.2 Å². The van der Waals surface area contributed by atoms with Gasteiger partial charge >= 0.3 is 0 Å². The van der Waals surface area contributed by atoms with Crippen LogP contribution in [0.25, 0.3) is 34.0 Å². The van der Waals surface area contributed by atoms with Crippen LogP contribution in [0.1, 0.15) is 42.9 Å². The number of aryl methyl sites for hydroxylation is 1. The quantitative estimate of drug-likeness (QED) is 0.525. The Bertz CT molecular complexity index is 1080. The summed E-state index contributed by atoms with van der Waals surface area (Å²) in [6.45, 7) is 2.04. The second-order valence-electron chi connectivity index (χ2n) is 6.91. The standard InChI is InChI=1S/C20H18N4O2/c1-12-5-4-8-14(9-12)18-22-23-19(25-18)15-10-16-17(13-6-2-3-7-13)24-26-20(16)21-11-15/h4-5,8-11,13H,2-3,6-7H2,1H3. The van der Waals surface area contributed by atoms with Gasteiger partial charge in [-0.2, -0.15) is 0 Å². The summed E-state index contributed by atoms with van der Waals surface area (Å²) in [6.07, 6.45) is 6.50. The van der Waals surface area contributed by atoms with Crippen molar-refractivity contribution in [3.8, 4) is 22.9 Å². The lowest BCUT2D eigenvalue weighted by Gasteiger charge is -2.03. The molecule has 0 spiro atoms. The third-order valence-electron chi connectivity index (χ3n) is 5.04. The van der Waals surface area contributed by atoms with Gasteiger partial charge in [0.2, 0.25) is 11.8 Å². The van der Waals surface area contributed by atoms with Crippen LogP contribution in [-0.4, -0.2) is 20.3 Å². The molecule has 5 rings (SSSR count). The third kappa shape index (κ3) is 2.58. The molecule has 6 nitrogen and oxygen atoms in total. The van der Waals surface area contributed by atoms with E-state index in [2.05, 4.69) is 20.3 Å². The molecule has 3 heterocycles. The van der Waals surface area contributed by atoms with Gasteiger partial charge in [0, 0.05) is 17.7 Å². The number of aromatic nitrogens is 4. The molecule has 6 heteroatoms. The molecule has 3 aromatic heterocycles. The minimum atomic E-state index is 0.453. The first-order chi connectivity index (χ1) is 12.8. The average Bonchev–Trinajstić information content (AvgIpc) is 3.40. The van der Waals surface area contributed by atoms with Gasteiger partial charge in [-0.25, -0.2) is 4.98 Å². The largest absolute Gasteiger partial charge is 0.416 e. The van der Waals surface area contributed by atoms with Crippen molar-refractivity contribution in [2.24, 2.45) is 0 Å². The maximum absolute atomic E-state index is 5.89. The van der Waals surface area contributed by atoms with Crippen LogP contribution in [0.2, 0.25) is 0 Å².